The summed E-state index contributed by atoms with van der Waals surface area (Å²) in [6.07, 6.45) is 3.23. The van der Waals surface area contributed by atoms with Crippen LogP contribution in [-0.2, 0) is 0 Å². The maximum Gasteiger partial charge on any atom is 0.119 e. The van der Waals surface area contributed by atoms with Crippen LogP contribution >= 0.6 is 0 Å². The Morgan fingerprint density at radius 1 is 1.25 bits per heavy atom. The molecule has 1 fully saturated rings. The molecule has 1 atom stereocenters. The molecule has 1 aliphatic heterocycles. The lowest BCUT2D eigenvalue weighted by atomic mass is 10.0. The van der Waals surface area contributed by atoms with E-state index in [2.05, 4.69) is 54.9 Å². The Labute approximate surface area is 122 Å². The fourth-order valence-electron chi connectivity index (χ4n) is 2.69. The number of nitrogens with one attached hydrogen (secondary N) is 1. The first-order valence-electron chi connectivity index (χ1n) is 7.53. The highest BCUT2D eigenvalue weighted by Crippen LogP contribution is 2.27. The molecule has 0 amide bonds. The maximum atomic E-state index is 5.71. The van der Waals surface area contributed by atoms with Crippen molar-refractivity contribution in [1.29, 1.82) is 0 Å². The van der Waals surface area contributed by atoms with Crippen molar-refractivity contribution >= 4 is 0 Å². The molecule has 1 N–H and O–H groups in total. The first kappa shape index (κ1) is 15.1. The molecular weight excluding hydrogens is 248 g/mol. The zero-order chi connectivity index (χ0) is 14.4. The van der Waals surface area contributed by atoms with Crippen molar-refractivity contribution in [1.82, 2.24) is 10.2 Å². The summed E-state index contributed by atoms with van der Waals surface area (Å²) < 4.78 is 5.71. The lowest BCUT2D eigenvalue weighted by Gasteiger charge is -2.34. The van der Waals surface area contributed by atoms with Crippen LogP contribution in [0.2, 0.25) is 0 Å². The van der Waals surface area contributed by atoms with Crippen LogP contribution in [0.15, 0.2) is 36.9 Å². The van der Waals surface area contributed by atoms with Crippen LogP contribution in [0.25, 0.3) is 0 Å². The Hall–Kier alpha value is -1.32. The normalized spacial score (nSPS) is 17.9. The average Bonchev–Trinajstić information content (AvgIpc) is 2.46. The molecule has 2 rings (SSSR count). The van der Waals surface area contributed by atoms with Crippen molar-refractivity contribution in [3.05, 3.63) is 42.5 Å². The summed E-state index contributed by atoms with van der Waals surface area (Å²) in [6, 6.07) is 8.96. The molecule has 1 aromatic rings. The number of hydrogen-bond acceptors (Lipinski definition) is 3. The number of ether oxygens (including phenoxy) is 1. The molecule has 0 aliphatic carbocycles. The minimum absolute atomic E-state index is 0.220. The van der Waals surface area contributed by atoms with E-state index < -0.39 is 0 Å². The smallest absolute Gasteiger partial charge is 0.119 e. The molecule has 0 aromatic heterocycles. The third-order valence-corrected chi connectivity index (χ3v) is 3.62. The van der Waals surface area contributed by atoms with Gasteiger partial charge in [0.2, 0.25) is 0 Å². The lowest BCUT2D eigenvalue weighted by molar-refractivity contribution is 0.174. The van der Waals surface area contributed by atoms with Gasteiger partial charge in [0.25, 0.3) is 0 Å². The van der Waals surface area contributed by atoms with E-state index in [9.17, 15) is 0 Å². The van der Waals surface area contributed by atoms with E-state index in [-0.39, 0.29) is 6.10 Å². The van der Waals surface area contributed by atoms with Crippen molar-refractivity contribution in [2.75, 3.05) is 26.2 Å². The highest BCUT2D eigenvalue weighted by Gasteiger charge is 2.20. The van der Waals surface area contributed by atoms with E-state index in [1.165, 1.54) is 5.56 Å². The Bertz CT molecular complexity index is 408. The molecule has 0 radical (unpaired) electrons. The standard InChI is InChI=1S/C17H26N2O/c1-4-5-17(19-12-10-18-11-13-19)15-6-8-16(9-7-15)20-14(2)3/h4,6-9,14,17-18H,1,5,10-13H2,2-3H3/t17-/m1/s1. The van der Waals surface area contributed by atoms with Gasteiger partial charge in [-0.2, -0.15) is 0 Å². The molecule has 0 spiro atoms. The van der Waals surface area contributed by atoms with E-state index in [1.54, 1.807) is 0 Å². The number of piperazine rings is 1. The molecule has 1 aliphatic rings. The van der Waals surface area contributed by atoms with Gasteiger partial charge >= 0.3 is 0 Å². The molecule has 1 saturated heterocycles. The zero-order valence-corrected chi connectivity index (χ0v) is 12.6. The van der Waals surface area contributed by atoms with Crippen LogP contribution in [0.5, 0.6) is 5.75 Å². The van der Waals surface area contributed by atoms with E-state index in [0.29, 0.717) is 6.04 Å². The predicted octanol–water partition coefficient (Wildman–Crippen LogP) is 3.00. The maximum absolute atomic E-state index is 5.71. The van der Waals surface area contributed by atoms with E-state index in [0.717, 1.165) is 38.3 Å². The topological polar surface area (TPSA) is 24.5 Å². The van der Waals surface area contributed by atoms with Gasteiger partial charge in [-0.15, -0.1) is 6.58 Å². The Morgan fingerprint density at radius 3 is 2.45 bits per heavy atom. The summed E-state index contributed by atoms with van der Waals surface area (Å²) in [5, 5.41) is 3.41. The van der Waals surface area contributed by atoms with E-state index >= 15 is 0 Å². The molecule has 0 bridgehead atoms. The van der Waals surface area contributed by atoms with Crippen molar-refractivity contribution in [3.63, 3.8) is 0 Å². The third-order valence-electron chi connectivity index (χ3n) is 3.62. The van der Waals surface area contributed by atoms with Crippen LogP contribution in [0, 0.1) is 0 Å². The van der Waals surface area contributed by atoms with Crippen LogP contribution in [0.1, 0.15) is 31.9 Å². The van der Waals surface area contributed by atoms with Gasteiger partial charge in [0.05, 0.1) is 6.10 Å². The number of nitrogens with zero attached hydrogens (tertiary/aromatic N) is 1. The SMILES string of the molecule is C=CC[C@H](c1ccc(OC(C)C)cc1)N1CCNCC1. The van der Waals surface area contributed by atoms with Crippen LogP contribution in [0.3, 0.4) is 0 Å². The van der Waals surface area contributed by atoms with Crippen molar-refractivity contribution in [3.8, 4) is 5.75 Å². The van der Waals surface area contributed by atoms with Gasteiger partial charge < -0.3 is 10.1 Å². The Morgan fingerprint density at radius 2 is 1.90 bits per heavy atom. The summed E-state index contributed by atoms with van der Waals surface area (Å²) in [6.45, 7) is 12.4. The fourth-order valence-corrected chi connectivity index (χ4v) is 2.69. The van der Waals surface area contributed by atoms with Crippen molar-refractivity contribution in [2.45, 2.75) is 32.4 Å². The highest BCUT2D eigenvalue weighted by molar-refractivity contribution is 5.29. The van der Waals surface area contributed by atoms with Gasteiger partial charge in [0, 0.05) is 32.2 Å². The van der Waals surface area contributed by atoms with Gasteiger partial charge in [0.15, 0.2) is 0 Å². The minimum Gasteiger partial charge on any atom is -0.491 e. The molecule has 1 aromatic carbocycles. The largest absolute Gasteiger partial charge is 0.491 e. The zero-order valence-electron chi connectivity index (χ0n) is 12.6. The highest BCUT2D eigenvalue weighted by atomic mass is 16.5. The summed E-state index contributed by atoms with van der Waals surface area (Å²) in [5.74, 6) is 0.946. The second-order valence-corrected chi connectivity index (χ2v) is 5.56. The molecule has 0 unspecified atom stereocenters. The first-order valence-corrected chi connectivity index (χ1v) is 7.53. The summed E-state index contributed by atoms with van der Waals surface area (Å²) in [7, 11) is 0. The third kappa shape index (κ3) is 4.09. The first-order chi connectivity index (χ1) is 9.70. The predicted molar refractivity (Wildman–Crippen MR) is 84.2 cm³/mol. The van der Waals surface area contributed by atoms with Gasteiger partial charge in [0.1, 0.15) is 5.75 Å². The molecule has 20 heavy (non-hydrogen) atoms. The number of benzene rings is 1. The number of hydrogen-bond donors (Lipinski definition) is 1. The quantitative estimate of drug-likeness (QED) is 0.807. The van der Waals surface area contributed by atoms with Crippen molar-refractivity contribution < 1.29 is 4.74 Å². The average molecular weight is 274 g/mol. The minimum atomic E-state index is 0.220. The second-order valence-electron chi connectivity index (χ2n) is 5.56. The van der Waals surface area contributed by atoms with Crippen molar-refractivity contribution in [2.24, 2.45) is 0 Å². The van der Waals surface area contributed by atoms with Gasteiger partial charge in [-0.25, -0.2) is 0 Å². The van der Waals surface area contributed by atoms with Crippen LogP contribution < -0.4 is 10.1 Å². The van der Waals surface area contributed by atoms with E-state index in [1.807, 2.05) is 6.08 Å². The lowest BCUT2D eigenvalue weighted by Crippen LogP contribution is -2.45. The van der Waals surface area contributed by atoms with Gasteiger partial charge in [-0.1, -0.05) is 18.2 Å². The molecule has 3 nitrogen and oxygen atoms in total. The van der Waals surface area contributed by atoms with Crippen LogP contribution in [0.4, 0.5) is 0 Å². The molecule has 3 heteroatoms. The monoisotopic (exact) mass is 274 g/mol. The second kappa shape index (κ2) is 7.46. The molecule has 0 saturated carbocycles. The van der Waals surface area contributed by atoms with Gasteiger partial charge in [-0.05, 0) is 38.0 Å². The molecule has 110 valence electrons. The molecular formula is C17H26N2O. The van der Waals surface area contributed by atoms with E-state index in [4.69, 9.17) is 4.74 Å². The van der Waals surface area contributed by atoms with Gasteiger partial charge in [-0.3, -0.25) is 4.90 Å². The Balaban J connectivity index is 2.09. The Kier molecular flexibility index (Phi) is 5.62. The fraction of sp³-hybridized carbons (Fsp3) is 0.529. The number of rotatable bonds is 6. The van der Waals surface area contributed by atoms with Crippen LogP contribution in [-0.4, -0.2) is 37.2 Å². The summed E-state index contributed by atoms with van der Waals surface area (Å²) in [5.41, 5.74) is 1.35. The summed E-state index contributed by atoms with van der Waals surface area (Å²) >= 11 is 0. The summed E-state index contributed by atoms with van der Waals surface area (Å²) in [4.78, 5) is 2.54. The molecule has 1 heterocycles.